The van der Waals surface area contributed by atoms with Gasteiger partial charge in [-0.05, 0) is 38.9 Å². The third kappa shape index (κ3) is 4.44. The number of nitrogens with zero attached hydrogens (tertiary/aromatic N) is 1. The number of rotatable bonds is 2. The van der Waals surface area contributed by atoms with Gasteiger partial charge >= 0.3 is 5.97 Å². The quantitative estimate of drug-likeness (QED) is 0.719. The Labute approximate surface area is 116 Å². The number of carbonyl (C=O) groups is 1. The highest BCUT2D eigenvalue weighted by Crippen LogP contribution is 2.22. The summed E-state index contributed by atoms with van der Waals surface area (Å²) in [4.78, 5) is 13.9. The molecule has 0 bridgehead atoms. The van der Waals surface area contributed by atoms with E-state index in [4.69, 9.17) is 10.5 Å². The Bertz CT molecular complexity index is 265. The standard InChI is InChI=1S/C12H23N3O2.C2H6/c1-17-12(16)9-3-6-15(7-4-9)11-2-5-14-8-10(11)13;1-2/h9-11,14H,2-8,13H2,1H3;1-2H3. The highest BCUT2D eigenvalue weighted by Gasteiger charge is 2.32. The van der Waals surface area contributed by atoms with Crippen molar-refractivity contribution in [3.8, 4) is 0 Å². The van der Waals surface area contributed by atoms with Gasteiger partial charge < -0.3 is 15.8 Å². The van der Waals surface area contributed by atoms with Crippen molar-refractivity contribution in [3.05, 3.63) is 0 Å². The number of piperidine rings is 2. The number of nitrogens with one attached hydrogen (secondary N) is 1. The Kier molecular flexibility index (Phi) is 7.34. The molecule has 5 heteroatoms. The zero-order valence-corrected chi connectivity index (χ0v) is 12.5. The predicted octanol–water partition coefficient (Wildman–Crippen LogP) is 0.587. The lowest BCUT2D eigenvalue weighted by Crippen LogP contribution is -2.58. The zero-order chi connectivity index (χ0) is 14.3. The topological polar surface area (TPSA) is 67.6 Å². The summed E-state index contributed by atoms with van der Waals surface area (Å²) in [5.74, 6) is 0.0356. The first kappa shape index (κ1) is 16.4. The van der Waals surface area contributed by atoms with Gasteiger partial charge in [0.05, 0.1) is 13.0 Å². The Morgan fingerprint density at radius 2 is 1.89 bits per heavy atom. The van der Waals surface area contributed by atoms with Crippen molar-refractivity contribution in [1.82, 2.24) is 10.2 Å². The SMILES string of the molecule is CC.COC(=O)C1CCN(C2CCNCC2N)CC1. The molecule has 2 unspecified atom stereocenters. The van der Waals surface area contributed by atoms with Crippen molar-refractivity contribution >= 4 is 5.97 Å². The van der Waals surface area contributed by atoms with Crippen molar-refractivity contribution in [3.63, 3.8) is 0 Å². The molecule has 0 aliphatic carbocycles. The maximum Gasteiger partial charge on any atom is 0.308 e. The first-order valence-corrected chi connectivity index (χ1v) is 7.50. The third-order valence-electron chi connectivity index (χ3n) is 4.02. The summed E-state index contributed by atoms with van der Waals surface area (Å²) in [6, 6.07) is 0.702. The van der Waals surface area contributed by atoms with Crippen molar-refractivity contribution in [2.75, 3.05) is 33.3 Å². The summed E-state index contributed by atoms with van der Waals surface area (Å²) >= 11 is 0. The molecular formula is C14H29N3O2. The number of carbonyl (C=O) groups excluding carboxylic acids is 1. The minimum absolute atomic E-state index is 0.0562. The number of ether oxygens (including phenoxy) is 1. The first-order chi connectivity index (χ1) is 9.22. The van der Waals surface area contributed by atoms with Crippen LogP contribution in [0.2, 0.25) is 0 Å². The normalized spacial score (nSPS) is 29.3. The summed E-state index contributed by atoms with van der Waals surface area (Å²) < 4.78 is 4.80. The Balaban J connectivity index is 0.000000861. The van der Waals surface area contributed by atoms with Crippen LogP contribution in [-0.2, 0) is 9.53 Å². The zero-order valence-electron chi connectivity index (χ0n) is 12.5. The van der Waals surface area contributed by atoms with Crippen LogP contribution in [0.3, 0.4) is 0 Å². The number of methoxy groups -OCH3 is 1. The van der Waals surface area contributed by atoms with E-state index in [0.29, 0.717) is 6.04 Å². The third-order valence-corrected chi connectivity index (χ3v) is 4.02. The number of likely N-dealkylation sites (tertiary alicyclic amines) is 1. The van der Waals surface area contributed by atoms with Gasteiger partial charge in [-0.25, -0.2) is 0 Å². The maximum absolute atomic E-state index is 11.4. The van der Waals surface area contributed by atoms with Crippen LogP contribution in [0.1, 0.15) is 33.1 Å². The maximum atomic E-state index is 11.4. The monoisotopic (exact) mass is 271 g/mol. The van der Waals surface area contributed by atoms with Gasteiger partial charge in [0.2, 0.25) is 0 Å². The van der Waals surface area contributed by atoms with Crippen molar-refractivity contribution in [1.29, 1.82) is 0 Å². The van der Waals surface area contributed by atoms with E-state index in [9.17, 15) is 4.79 Å². The van der Waals surface area contributed by atoms with Gasteiger partial charge in [-0.2, -0.15) is 0 Å². The van der Waals surface area contributed by atoms with E-state index in [1.54, 1.807) is 0 Å². The Morgan fingerprint density at radius 1 is 1.26 bits per heavy atom. The van der Waals surface area contributed by atoms with Gasteiger partial charge in [0, 0.05) is 18.6 Å². The summed E-state index contributed by atoms with van der Waals surface area (Å²) in [5, 5.41) is 3.31. The molecule has 0 radical (unpaired) electrons. The smallest absolute Gasteiger partial charge is 0.308 e. The van der Waals surface area contributed by atoms with E-state index < -0.39 is 0 Å². The van der Waals surface area contributed by atoms with Crippen LogP contribution in [0.4, 0.5) is 0 Å². The molecular weight excluding hydrogens is 242 g/mol. The molecule has 2 aliphatic heterocycles. The Hall–Kier alpha value is -0.650. The summed E-state index contributed by atoms with van der Waals surface area (Å²) in [6.07, 6.45) is 2.93. The van der Waals surface area contributed by atoms with E-state index in [2.05, 4.69) is 10.2 Å². The van der Waals surface area contributed by atoms with Gasteiger partial charge in [-0.3, -0.25) is 9.69 Å². The van der Waals surface area contributed by atoms with E-state index in [1.165, 1.54) is 7.11 Å². The lowest BCUT2D eigenvalue weighted by molar-refractivity contribution is -0.147. The summed E-state index contributed by atoms with van der Waals surface area (Å²) in [7, 11) is 1.47. The van der Waals surface area contributed by atoms with Crippen LogP contribution < -0.4 is 11.1 Å². The fourth-order valence-electron chi connectivity index (χ4n) is 2.96. The molecule has 2 heterocycles. The van der Waals surface area contributed by atoms with Gasteiger partial charge in [-0.15, -0.1) is 0 Å². The molecule has 0 amide bonds. The van der Waals surface area contributed by atoms with Crippen LogP contribution in [0.25, 0.3) is 0 Å². The largest absolute Gasteiger partial charge is 0.469 e. The predicted molar refractivity (Wildman–Crippen MR) is 76.9 cm³/mol. The summed E-state index contributed by atoms with van der Waals surface area (Å²) in [5.41, 5.74) is 6.13. The highest BCUT2D eigenvalue weighted by atomic mass is 16.5. The van der Waals surface area contributed by atoms with E-state index >= 15 is 0 Å². The van der Waals surface area contributed by atoms with Crippen LogP contribution in [0.5, 0.6) is 0 Å². The van der Waals surface area contributed by atoms with Crippen molar-refractivity contribution < 1.29 is 9.53 Å². The molecule has 0 aromatic rings. The van der Waals surface area contributed by atoms with E-state index in [-0.39, 0.29) is 17.9 Å². The summed E-state index contributed by atoms with van der Waals surface area (Å²) in [6.45, 7) is 7.90. The molecule has 5 nitrogen and oxygen atoms in total. The number of hydrogen-bond donors (Lipinski definition) is 2. The average molecular weight is 271 g/mol. The average Bonchev–Trinajstić information content (AvgIpc) is 2.49. The minimum atomic E-state index is -0.0562. The molecule has 2 fully saturated rings. The van der Waals surface area contributed by atoms with Gasteiger partial charge in [-0.1, -0.05) is 13.8 Å². The first-order valence-electron chi connectivity index (χ1n) is 7.50. The lowest BCUT2D eigenvalue weighted by Gasteiger charge is -2.41. The second kappa shape index (κ2) is 8.51. The number of nitrogens with two attached hydrogens (primary N) is 1. The Morgan fingerprint density at radius 3 is 2.42 bits per heavy atom. The van der Waals surface area contributed by atoms with Crippen molar-refractivity contribution in [2.24, 2.45) is 11.7 Å². The second-order valence-corrected chi connectivity index (χ2v) is 5.06. The lowest BCUT2D eigenvalue weighted by atomic mass is 9.92. The molecule has 0 aromatic carbocycles. The number of esters is 1. The molecule has 2 aliphatic rings. The molecule has 0 spiro atoms. The molecule has 2 saturated heterocycles. The minimum Gasteiger partial charge on any atom is -0.469 e. The molecule has 19 heavy (non-hydrogen) atoms. The van der Waals surface area contributed by atoms with Crippen LogP contribution in [-0.4, -0.2) is 56.2 Å². The molecule has 112 valence electrons. The number of hydrogen-bond acceptors (Lipinski definition) is 5. The van der Waals surface area contributed by atoms with Crippen molar-refractivity contribution in [2.45, 2.75) is 45.2 Å². The molecule has 2 atom stereocenters. The van der Waals surface area contributed by atoms with E-state index in [1.807, 2.05) is 13.8 Å². The van der Waals surface area contributed by atoms with Gasteiger partial charge in [0.25, 0.3) is 0 Å². The van der Waals surface area contributed by atoms with Crippen LogP contribution >= 0.6 is 0 Å². The second-order valence-electron chi connectivity index (χ2n) is 5.06. The van der Waals surface area contributed by atoms with Gasteiger partial charge in [0.15, 0.2) is 0 Å². The van der Waals surface area contributed by atoms with Gasteiger partial charge in [0.1, 0.15) is 0 Å². The fourth-order valence-corrected chi connectivity index (χ4v) is 2.96. The molecule has 3 N–H and O–H groups in total. The highest BCUT2D eigenvalue weighted by molar-refractivity contribution is 5.72. The molecule has 2 rings (SSSR count). The fraction of sp³-hybridized carbons (Fsp3) is 0.929. The molecule has 0 saturated carbocycles. The molecule has 0 aromatic heterocycles. The van der Waals surface area contributed by atoms with E-state index in [0.717, 1.165) is 45.4 Å². The van der Waals surface area contributed by atoms with Crippen LogP contribution in [0.15, 0.2) is 0 Å². The van der Waals surface area contributed by atoms with Crippen LogP contribution in [0, 0.1) is 5.92 Å².